The second-order valence-corrected chi connectivity index (χ2v) is 5.75. The van der Waals surface area contributed by atoms with Gasteiger partial charge >= 0.3 is 6.11 Å². The Morgan fingerprint density at radius 3 is 2.64 bits per heavy atom. The molecule has 0 fully saturated rings. The quantitative estimate of drug-likeness (QED) is 0.727. The average molecular weight is 328 g/mol. The van der Waals surface area contributed by atoms with Gasteiger partial charge in [0, 0.05) is 11.1 Å². The average Bonchev–Trinajstić information content (AvgIpc) is 2.48. The zero-order valence-corrected chi connectivity index (χ0v) is 12.9. The van der Waals surface area contributed by atoms with E-state index in [-0.39, 0.29) is 5.75 Å². The summed E-state index contributed by atoms with van der Waals surface area (Å²) in [5.41, 5.74) is 1.21. The third-order valence-corrected chi connectivity index (χ3v) is 3.70. The SMILES string of the molecule is CCSc1cccnc1-c1ccc(OC(F)(F)C(C)F)cn1. The molecule has 0 spiro atoms. The second kappa shape index (κ2) is 7.00. The molecule has 3 nitrogen and oxygen atoms in total. The molecule has 1 atom stereocenters. The first kappa shape index (κ1) is 16.6. The van der Waals surface area contributed by atoms with Crippen molar-refractivity contribution in [2.75, 3.05) is 5.75 Å². The molecule has 2 aromatic rings. The number of hydrogen-bond acceptors (Lipinski definition) is 4. The Morgan fingerprint density at radius 1 is 1.27 bits per heavy atom. The lowest BCUT2D eigenvalue weighted by Crippen LogP contribution is -2.34. The van der Waals surface area contributed by atoms with Crippen molar-refractivity contribution >= 4 is 11.8 Å². The van der Waals surface area contributed by atoms with Crippen molar-refractivity contribution in [3.8, 4) is 17.1 Å². The van der Waals surface area contributed by atoms with Gasteiger partial charge < -0.3 is 4.74 Å². The van der Waals surface area contributed by atoms with E-state index < -0.39 is 12.3 Å². The van der Waals surface area contributed by atoms with Crippen molar-refractivity contribution in [3.05, 3.63) is 36.7 Å². The zero-order chi connectivity index (χ0) is 16.2. The summed E-state index contributed by atoms with van der Waals surface area (Å²) >= 11 is 1.61. The number of alkyl halides is 3. The fourth-order valence-electron chi connectivity index (χ4n) is 1.67. The molecule has 7 heteroatoms. The summed E-state index contributed by atoms with van der Waals surface area (Å²) in [4.78, 5) is 9.30. The largest absolute Gasteiger partial charge is 0.429 e. The van der Waals surface area contributed by atoms with E-state index in [1.54, 1.807) is 18.0 Å². The maximum absolute atomic E-state index is 13.2. The Bertz CT molecular complexity index is 620. The van der Waals surface area contributed by atoms with Crippen LogP contribution in [0.25, 0.3) is 11.4 Å². The predicted octanol–water partition coefficient (Wildman–Crippen LogP) is 4.59. The van der Waals surface area contributed by atoms with Crippen molar-refractivity contribution in [3.63, 3.8) is 0 Å². The molecular weight excluding hydrogens is 313 g/mol. The Labute approximate surface area is 130 Å². The van der Waals surface area contributed by atoms with E-state index in [9.17, 15) is 13.2 Å². The van der Waals surface area contributed by atoms with Crippen LogP contribution in [-0.2, 0) is 0 Å². The van der Waals surface area contributed by atoms with E-state index in [0.29, 0.717) is 11.4 Å². The maximum Gasteiger partial charge on any atom is 0.429 e. The molecule has 0 radical (unpaired) electrons. The van der Waals surface area contributed by atoms with Gasteiger partial charge in [-0.1, -0.05) is 6.92 Å². The highest BCUT2D eigenvalue weighted by Crippen LogP contribution is 2.30. The highest BCUT2D eigenvalue weighted by atomic mass is 32.2. The molecule has 0 aliphatic rings. The Kier molecular flexibility index (Phi) is 5.28. The van der Waals surface area contributed by atoms with E-state index in [4.69, 9.17) is 0 Å². The minimum absolute atomic E-state index is 0.195. The fourth-order valence-corrected chi connectivity index (χ4v) is 2.45. The molecule has 0 amide bonds. The predicted molar refractivity (Wildman–Crippen MR) is 80.0 cm³/mol. The van der Waals surface area contributed by atoms with Crippen molar-refractivity contribution in [2.45, 2.75) is 31.0 Å². The summed E-state index contributed by atoms with van der Waals surface area (Å²) in [6, 6.07) is 6.59. The molecular formula is C15H15F3N2OS. The number of aromatic nitrogens is 2. The van der Waals surface area contributed by atoms with Gasteiger partial charge in [0.25, 0.3) is 0 Å². The first-order valence-electron chi connectivity index (χ1n) is 6.69. The number of thioether (sulfide) groups is 1. The van der Waals surface area contributed by atoms with Gasteiger partial charge in [-0.2, -0.15) is 8.78 Å². The summed E-state index contributed by atoms with van der Waals surface area (Å²) in [6.07, 6.45) is -3.51. The number of halogens is 3. The molecule has 1 unspecified atom stereocenters. The molecule has 0 aliphatic heterocycles. The van der Waals surface area contributed by atoms with E-state index in [2.05, 4.69) is 14.7 Å². The molecule has 2 heterocycles. The van der Waals surface area contributed by atoms with Gasteiger partial charge in [0.2, 0.25) is 6.17 Å². The van der Waals surface area contributed by atoms with Crippen LogP contribution in [0.2, 0.25) is 0 Å². The summed E-state index contributed by atoms with van der Waals surface area (Å²) < 4.78 is 43.4. The van der Waals surface area contributed by atoms with E-state index in [1.165, 1.54) is 12.1 Å². The molecule has 0 saturated heterocycles. The van der Waals surface area contributed by atoms with Gasteiger partial charge in [0.1, 0.15) is 11.4 Å². The van der Waals surface area contributed by atoms with Gasteiger partial charge in [-0.05, 0) is 36.9 Å². The van der Waals surface area contributed by atoms with Crippen LogP contribution >= 0.6 is 11.8 Å². The third kappa shape index (κ3) is 3.91. The fraction of sp³-hybridized carbons (Fsp3) is 0.333. The summed E-state index contributed by atoms with van der Waals surface area (Å²) in [5, 5.41) is 0. The van der Waals surface area contributed by atoms with Gasteiger partial charge in [0.15, 0.2) is 0 Å². The van der Waals surface area contributed by atoms with Gasteiger partial charge in [-0.25, -0.2) is 4.39 Å². The van der Waals surface area contributed by atoms with Crippen LogP contribution in [0, 0.1) is 0 Å². The molecule has 118 valence electrons. The number of ether oxygens (including phenoxy) is 1. The molecule has 0 bridgehead atoms. The highest BCUT2D eigenvalue weighted by molar-refractivity contribution is 7.99. The van der Waals surface area contributed by atoms with Crippen molar-refractivity contribution < 1.29 is 17.9 Å². The monoisotopic (exact) mass is 328 g/mol. The summed E-state index contributed by atoms with van der Waals surface area (Å²) in [7, 11) is 0. The smallest absolute Gasteiger partial charge is 0.429 e. The van der Waals surface area contributed by atoms with Crippen molar-refractivity contribution in [1.29, 1.82) is 0 Å². The molecule has 2 rings (SSSR count). The topological polar surface area (TPSA) is 35.0 Å². The Morgan fingerprint density at radius 2 is 2.05 bits per heavy atom. The summed E-state index contributed by atoms with van der Waals surface area (Å²) in [5.74, 6) is 0.680. The molecule has 0 aromatic carbocycles. The molecule has 0 N–H and O–H groups in total. The Balaban J connectivity index is 2.23. The second-order valence-electron chi connectivity index (χ2n) is 4.44. The first-order chi connectivity index (χ1) is 10.4. The number of nitrogens with zero attached hydrogens (tertiary/aromatic N) is 2. The standard InChI is InChI=1S/C15H15F3N2OS/c1-3-22-13-5-4-8-19-14(13)12-7-6-11(9-20-12)21-15(17,18)10(2)16/h4-10H,3H2,1-2H3. The van der Waals surface area contributed by atoms with Crippen LogP contribution in [0.3, 0.4) is 0 Å². The van der Waals surface area contributed by atoms with Crippen molar-refractivity contribution in [1.82, 2.24) is 9.97 Å². The number of pyridine rings is 2. The molecule has 2 aromatic heterocycles. The van der Waals surface area contributed by atoms with E-state index >= 15 is 0 Å². The zero-order valence-electron chi connectivity index (χ0n) is 12.1. The minimum Gasteiger partial charge on any atom is -0.429 e. The Hall–Kier alpha value is -1.76. The minimum atomic E-state index is -3.88. The van der Waals surface area contributed by atoms with Crippen LogP contribution in [0.4, 0.5) is 13.2 Å². The number of hydrogen-bond donors (Lipinski definition) is 0. The van der Waals surface area contributed by atoms with Gasteiger partial charge in [0.05, 0.1) is 11.9 Å². The number of rotatable bonds is 6. The van der Waals surface area contributed by atoms with Crippen LogP contribution in [-0.4, -0.2) is 28.0 Å². The highest BCUT2D eigenvalue weighted by Gasteiger charge is 2.39. The van der Waals surface area contributed by atoms with E-state index in [0.717, 1.165) is 23.8 Å². The lowest BCUT2D eigenvalue weighted by molar-refractivity contribution is -0.215. The van der Waals surface area contributed by atoms with Gasteiger partial charge in [-0.15, -0.1) is 11.8 Å². The molecule has 22 heavy (non-hydrogen) atoms. The molecule has 0 saturated carbocycles. The molecule has 0 aliphatic carbocycles. The van der Waals surface area contributed by atoms with Gasteiger partial charge in [-0.3, -0.25) is 9.97 Å². The van der Waals surface area contributed by atoms with Crippen LogP contribution in [0.5, 0.6) is 5.75 Å². The van der Waals surface area contributed by atoms with Crippen LogP contribution in [0.15, 0.2) is 41.6 Å². The first-order valence-corrected chi connectivity index (χ1v) is 7.67. The van der Waals surface area contributed by atoms with Crippen LogP contribution < -0.4 is 4.74 Å². The van der Waals surface area contributed by atoms with E-state index in [1.807, 2.05) is 19.1 Å². The normalized spacial score (nSPS) is 13.0. The van der Waals surface area contributed by atoms with Crippen LogP contribution in [0.1, 0.15) is 13.8 Å². The maximum atomic E-state index is 13.2. The third-order valence-electron chi connectivity index (χ3n) is 2.77. The lowest BCUT2D eigenvalue weighted by Gasteiger charge is -2.18. The van der Waals surface area contributed by atoms with Crippen molar-refractivity contribution in [2.24, 2.45) is 0 Å². The summed E-state index contributed by atoms with van der Waals surface area (Å²) in [6.45, 7) is 2.76. The lowest BCUT2D eigenvalue weighted by atomic mass is 10.2.